The van der Waals surface area contributed by atoms with E-state index in [1.54, 1.807) is 0 Å². The first-order valence-electron chi connectivity index (χ1n) is 5.30. The molecule has 0 aromatic heterocycles. The summed E-state index contributed by atoms with van der Waals surface area (Å²) in [6.45, 7) is 8.10. The lowest BCUT2D eigenvalue weighted by Gasteiger charge is -2.52. The maximum Gasteiger partial charge on any atom is 0.323 e. The Morgan fingerprint density at radius 1 is 1.00 bits per heavy atom. The largest absolute Gasteiger partial charge is 0.323 e. The molecule has 0 unspecified atom stereocenters. The van der Waals surface area contributed by atoms with Gasteiger partial charge in [-0.25, -0.2) is 0 Å². The van der Waals surface area contributed by atoms with Crippen LogP contribution in [-0.2, 0) is 9.47 Å². The van der Waals surface area contributed by atoms with E-state index < -0.39 is 5.91 Å². The summed E-state index contributed by atoms with van der Waals surface area (Å²) in [4.78, 5) is 0. The zero-order valence-corrected chi connectivity index (χ0v) is 10.4. The van der Waals surface area contributed by atoms with Crippen LogP contribution in [-0.4, -0.2) is 44.8 Å². The van der Waals surface area contributed by atoms with Crippen LogP contribution < -0.4 is 0 Å². The van der Waals surface area contributed by atoms with Crippen molar-refractivity contribution >= 4 is 0 Å². The molecule has 0 N–H and O–H groups in total. The summed E-state index contributed by atoms with van der Waals surface area (Å²) >= 11 is 0. The zero-order chi connectivity index (χ0) is 11.0. The Morgan fingerprint density at radius 3 is 1.64 bits per heavy atom. The lowest BCUT2D eigenvalue weighted by Crippen LogP contribution is -2.68. The van der Waals surface area contributed by atoms with Crippen LogP contribution in [0.5, 0.6) is 0 Å². The second-order valence-corrected chi connectivity index (χ2v) is 5.89. The Labute approximate surface area is 87.6 Å². The number of nitrogens with zero attached hydrogens (tertiary/aromatic N) is 1. The molecule has 0 aromatic carbocycles. The summed E-state index contributed by atoms with van der Waals surface area (Å²) in [5.41, 5.74) is -0.0222. The lowest BCUT2D eigenvalue weighted by atomic mass is 9.88. The average Bonchev–Trinajstić information content (AvgIpc) is 2.02. The van der Waals surface area contributed by atoms with Crippen LogP contribution in [0.1, 0.15) is 27.2 Å². The SMILES string of the molecule is CC(C)(C)C1([N+](C)(C)C)OCCCO1. The predicted molar refractivity (Wildman–Crippen MR) is 56.7 cm³/mol. The zero-order valence-electron chi connectivity index (χ0n) is 10.4. The molecule has 1 saturated heterocycles. The normalized spacial score (nSPS) is 23.6. The molecule has 3 nitrogen and oxygen atoms in total. The molecule has 3 heteroatoms. The van der Waals surface area contributed by atoms with Crippen LogP contribution in [0.25, 0.3) is 0 Å². The van der Waals surface area contributed by atoms with E-state index in [4.69, 9.17) is 9.47 Å². The molecule has 0 saturated carbocycles. The molecular weight excluding hydrogens is 178 g/mol. The van der Waals surface area contributed by atoms with Crippen molar-refractivity contribution in [1.29, 1.82) is 0 Å². The van der Waals surface area contributed by atoms with Crippen molar-refractivity contribution in [3.05, 3.63) is 0 Å². The predicted octanol–water partition coefficient (Wildman–Crippen LogP) is 1.83. The van der Waals surface area contributed by atoms with E-state index in [0.717, 1.165) is 19.6 Å². The third-order valence-electron chi connectivity index (χ3n) is 2.72. The summed E-state index contributed by atoms with van der Waals surface area (Å²) in [5, 5.41) is 0. The highest BCUT2D eigenvalue weighted by molar-refractivity contribution is 4.77. The summed E-state index contributed by atoms with van der Waals surface area (Å²) in [6, 6.07) is 0. The van der Waals surface area contributed by atoms with Gasteiger partial charge < -0.3 is 9.47 Å². The molecule has 14 heavy (non-hydrogen) atoms. The molecule has 1 fully saturated rings. The number of rotatable bonds is 1. The molecule has 1 aliphatic rings. The minimum Gasteiger partial charge on any atom is -0.303 e. The smallest absolute Gasteiger partial charge is 0.303 e. The van der Waals surface area contributed by atoms with E-state index in [2.05, 4.69) is 41.9 Å². The van der Waals surface area contributed by atoms with Gasteiger partial charge in [-0.3, -0.25) is 4.48 Å². The molecule has 0 aliphatic carbocycles. The first-order chi connectivity index (χ1) is 6.21. The van der Waals surface area contributed by atoms with Gasteiger partial charge in [0.1, 0.15) is 0 Å². The Hall–Kier alpha value is -0.120. The number of ether oxygens (including phenoxy) is 2. The minimum absolute atomic E-state index is 0.0222. The molecular formula is C11H24NO2+. The van der Waals surface area contributed by atoms with Gasteiger partial charge in [-0.2, -0.15) is 0 Å². The highest BCUT2D eigenvalue weighted by Crippen LogP contribution is 2.41. The van der Waals surface area contributed by atoms with Crippen LogP contribution in [0.2, 0.25) is 0 Å². The van der Waals surface area contributed by atoms with Crippen LogP contribution >= 0.6 is 0 Å². The first-order valence-corrected chi connectivity index (χ1v) is 5.30. The standard InChI is InChI=1S/C11H24NO2/c1-10(2,3)11(12(4,5)6)13-8-7-9-14-11/h7-9H2,1-6H3/q+1. The number of quaternary nitrogens is 1. The van der Waals surface area contributed by atoms with Gasteiger partial charge in [-0.15, -0.1) is 0 Å². The van der Waals surface area contributed by atoms with Crippen molar-refractivity contribution in [2.24, 2.45) is 5.41 Å². The summed E-state index contributed by atoms with van der Waals surface area (Å²) < 4.78 is 12.6. The van der Waals surface area contributed by atoms with Gasteiger partial charge >= 0.3 is 5.91 Å². The quantitative estimate of drug-likeness (QED) is 0.604. The van der Waals surface area contributed by atoms with Crippen molar-refractivity contribution in [1.82, 2.24) is 0 Å². The molecule has 1 aliphatic heterocycles. The van der Waals surface area contributed by atoms with Gasteiger partial charge in [-0.1, -0.05) is 0 Å². The Morgan fingerprint density at radius 2 is 1.43 bits per heavy atom. The van der Waals surface area contributed by atoms with E-state index in [1.165, 1.54) is 0 Å². The maximum absolute atomic E-state index is 5.94. The summed E-state index contributed by atoms with van der Waals surface area (Å²) in [5.74, 6) is -0.509. The second kappa shape index (κ2) is 3.47. The van der Waals surface area contributed by atoms with E-state index in [0.29, 0.717) is 4.48 Å². The van der Waals surface area contributed by atoms with Crippen molar-refractivity contribution < 1.29 is 14.0 Å². The van der Waals surface area contributed by atoms with Gasteiger partial charge in [0.05, 0.1) is 39.8 Å². The van der Waals surface area contributed by atoms with E-state index in [-0.39, 0.29) is 5.41 Å². The maximum atomic E-state index is 5.94. The molecule has 0 bridgehead atoms. The Kier molecular flexibility index (Phi) is 2.96. The third kappa shape index (κ3) is 1.81. The monoisotopic (exact) mass is 202 g/mol. The fraction of sp³-hybridized carbons (Fsp3) is 1.00. The van der Waals surface area contributed by atoms with Crippen LogP contribution in [0, 0.1) is 5.41 Å². The first kappa shape index (κ1) is 12.0. The average molecular weight is 202 g/mol. The van der Waals surface area contributed by atoms with E-state index >= 15 is 0 Å². The van der Waals surface area contributed by atoms with Gasteiger partial charge in [-0.05, 0) is 27.2 Å². The molecule has 0 amide bonds. The van der Waals surface area contributed by atoms with Crippen LogP contribution in [0.4, 0.5) is 0 Å². The second-order valence-electron chi connectivity index (χ2n) is 5.89. The number of hydrogen-bond acceptors (Lipinski definition) is 2. The molecule has 1 rings (SSSR count). The van der Waals surface area contributed by atoms with Gasteiger partial charge in [0.2, 0.25) is 0 Å². The number of hydrogen-bond donors (Lipinski definition) is 0. The van der Waals surface area contributed by atoms with Crippen molar-refractivity contribution in [2.45, 2.75) is 33.1 Å². The molecule has 0 aromatic rings. The van der Waals surface area contributed by atoms with E-state index in [1.807, 2.05) is 0 Å². The molecule has 0 radical (unpaired) electrons. The fourth-order valence-corrected chi connectivity index (χ4v) is 2.35. The molecule has 0 spiro atoms. The van der Waals surface area contributed by atoms with Gasteiger partial charge in [0, 0.05) is 0 Å². The van der Waals surface area contributed by atoms with Gasteiger partial charge in [0.25, 0.3) is 0 Å². The van der Waals surface area contributed by atoms with Crippen molar-refractivity contribution in [2.75, 3.05) is 34.4 Å². The summed E-state index contributed by atoms with van der Waals surface area (Å²) in [6.07, 6.45) is 0.998. The lowest BCUT2D eigenvalue weighted by molar-refractivity contribution is -0.993. The Bertz CT molecular complexity index is 178. The van der Waals surface area contributed by atoms with Gasteiger partial charge in [0.15, 0.2) is 0 Å². The highest BCUT2D eigenvalue weighted by atomic mass is 16.7. The minimum atomic E-state index is -0.509. The summed E-state index contributed by atoms with van der Waals surface area (Å²) in [7, 11) is 6.36. The molecule has 0 atom stereocenters. The van der Waals surface area contributed by atoms with Crippen LogP contribution in [0.15, 0.2) is 0 Å². The highest BCUT2D eigenvalue weighted by Gasteiger charge is 2.57. The topological polar surface area (TPSA) is 18.5 Å². The third-order valence-corrected chi connectivity index (χ3v) is 2.72. The van der Waals surface area contributed by atoms with Crippen molar-refractivity contribution in [3.8, 4) is 0 Å². The molecule has 84 valence electrons. The Balaban J connectivity index is 3.01. The van der Waals surface area contributed by atoms with Crippen LogP contribution in [0.3, 0.4) is 0 Å². The fourth-order valence-electron chi connectivity index (χ4n) is 2.35. The van der Waals surface area contributed by atoms with E-state index in [9.17, 15) is 0 Å². The molecule has 1 heterocycles. The van der Waals surface area contributed by atoms with Crippen molar-refractivity contribution in [3.63, 3.8) is 0 Å².